The van der Waals surface area contributed by atoms with Gasteiger partial charge in [-0.3, -0.25) is 4.90 Å². The molecule has 1 N–H and O–H groups in total. The van der Waals surface area contributed by atoms with E-state index in [2.05, 4.69) is 63.7 Å². The highest BCUT2D eigenvalue weighted by Crippen LogP contribution is 2.32. The first-order valence-corrected chi connectivity index (χ1v) is 9.53. The molecule has 0 fully saturated rings. The maximum atomic E-state index is 12.5. The Bertz CT molecular complexity index is 825. The summed E-state index contributed by atoms with van der Waals surface area (Å²) < 4.78 is 24.9. The Labute approximate surface area is 167 Å². The van der Waals surface area contributed by atoms with Crippen LogP contribution in [0.25, 0.3) is 6.08 Å². The van der Waals surface area contributed by atoms with Gasteiger partial charge in [0.05, 0.1) is 0 Å². The number of nitrogens with one attached hydrogen (secondary N) is 1. The van der Waals surface area contributed by atoms with Crippen LogP contribution in [0.15, 0.2) is 49.0 Å². The van der Waals surface area contributed by atoms with Gasteiger partial charge >= 0.3 is 0 Å². The molecule has 0 amide bonds. The summed E-state index contributed by atoms with van der Waals surface area (Å²) in [6, 6.07) is 14.3. The molecule has 2 nitrogen and oxygen atoms in total. The molecule has 2 rings (SSSR count). The van der Waals surface area contributed by atoms with Gasteiger partial charge in [0, 0.05) is 17.7 Å². The van der Waals surface area contributed by atoms with Crippen LogP contribution < -0.4 is 0 Å². The van der Waals surface area contributed by atoms with Gasteiger partial charge in [-0.15, -0.1) is 0 Å². The topological polar surface area (TPSA) is 27.1 Å². The van der Waals surface area contributed by atoms with E-state index in [9.17, 15) is 8.78 Å². The lowest BCUT2D eigenvalue weighted by atomic mass is 9.82. The van der Waals surface area contributed by atoms with Crippen molar-refractivity contribution in [2.75, 3.05) is 14.1 Å². The molecular weight excluding hydrogens is 354 g/mol. The molecule has 0 aromatic heterocycles. The summed E-state index contributed by atoms with van der Waals surface area (Å²) in [6.07, 6.45) is -0.0315. The van der Waals surface area contributed by atoms with E-state index in [1.165, 1.54) is 11.1 Å². The maximum Gasteiger partial charge on any atom is 0.239 e. The van der Waals surface area contributed by atoms with Gasteiger partial charge in [-0.2, -0.15) is 0 Å². The molecule has 150 valence electrons. The number of alkyl halides is 2. The first-order chi connectivity index (χ1) is 13.2. The summed E-state index contributed by atoms with van der Waals surface area (Å²) in [5, 5.41) is 8.09. The first-order valence-electron chi connectivity index (χ1n) is 9.53. The van der Waals surface area contributed by atoms with Crippen molar-refractivity contribution in [3.05, 3.63) is 76.9 Å². The average Bonchev–Trinajstić information content (AvgIpc) is 2.66. The number of likely N-dealkylation sites (N-methyl/N-ethyl adjacent to an activating group) is 1. The summed E-state index contributed by atoms with van der Waals surface area (Å²) in [4.78, 5) is 2.21. The van der Waals surface area contributed by atoms with Crippen molar-refractivity contribution in [2.24, 2.45) is 0 Å². The Balaban J connectivity index is 2.34. The maximum absolute atomic E-state index is 12.5. The minimum Gasteiger partial charge on any atom is -0.305 e. The van der Waals surface area contributed by atoms with E-state index >= 15 is 0 Å². The summed E-state index contributed by atoms with van der Waals surface area (Å²) in [5.41, 5.74) is 5.23. The van der Waals surface area contributed by atoms with Gasteiger partial charge in [-0.1, -0.05) is 54.6 Å². The van der Waals surface area contributed by atoms with Crippen molar-refractivity contribution in [2.45, 2.75) is 45.1 Å². The molecule has 2 aromatic carbocycles. The number of nitrogens with zero attached hydrogens (tertiary/aromatic N) is 1. The SMILES string of the molecule is C=Cc1cc(C(=N)CCC(F)F)ccc1CC(C)(c1ccc(C)cc1)N(C)C. The number of hydrogen-bond acceptors (Lipinski definition) is 2. The predicted molar refractivity (Wildman–Crippen MR) is 115 cm³/mol. The summed E-state index contributed by atoms with van der Waals surface area (Å²) in [6.45, 7) is 8.21. The highest BCUT2D eigenvalue weighted by Gasteiger charge is 2.30. The van der Waals surface area contributed by atoms with Gasteiger partial charge in [0.15, 0.2) is 0 Å². The molecule has 2 aromatic rings. The molecule has 0 aliphatic rings. The smallest absolute Gasteiger partial charge is 0.239 e. The van der Waals surface area contributed by atoms with E-state index in [1.54, 1.807) is 6.08 Å². The van der Waals surface area contributed by atoms with Crippen molar-refractivity contribution in [1.29, 1.82) is 5.41 Å². The van der Waals surface area contributed by atoms with Crippen molar-refractivity contribution in [3.8, 4) is 0 Å². The van der Waals surface area contributed by atoms with Crippen LogP contribution in [0, 0.1) is 12.3 Å². The van der Waals surface area contributed by atoms with Gasteiger partial charge in [-0.05, 0) is 69.1 Å². The average molecular weight is 385 g/mol. The molecule has 4 heteroatoms. The van der Waals surface area contributed by atoms with Crippen LogP contribution in [0.1, 0.15) is 47.6 Å². The number of rotatable bonds is 9. The molecule has 0 radical (unpaired) electrons. The van der Waals surface area contributed by atoms with Crippen LogP contribution >= 0.6 is 0 Å². The molecule has 28 heavy (non-hydrogen) atoms. The standard InChI is InChI=1S/C24H30F2N2/c1-6-18-15-19(22(27)13-14-23(25)26)9-10-20(18)16-24(3,28(4)5)21-11-7-17(2)8-12-21/h6-12,15,23,27H,1,13-14,16H2,2-5H3. The predicted octanol–water partition coefficient (Wildman–Crippen LogP) is 6.07. The minimum atomic E-state index is -2.38. The molecule has 0 aliphatic heterocycles. The lowest BCUT2D eigenvalue weighted by molar-refractivity contribution is 0.140. The fraction of sp³-hybridized carbons (Fsp3) is 0.375. The lowest BCUT2D eigenvalue weighted by Gasteiger charge is -2.38. The Morgan fingerprint density at radius 1 is 1.18 bits per heavy atom. The number of aryl methyl sites for hydroxylation is 1. The molecule has 1 atom stereocenters. The van der Waals surface area contributed by atoms with Gasteiger partial charge in [0.1, 0.15) is 0 Å². The molecule has 1 unspecified atom stereocenters. The summed E-state index contributed by atoms with van der Waals surface area (Å²) >= 11 is 0. The van der Waals surface area contributed by atoms with Crippen molar-refractivity contribution in [3.63, 3.8) is 0 Å². The number of benzene rings is 2. The Morgan fingerprint density at radius 2 is 1.82 bits per heavy atom. The highest BCUT2D eigenvalue weighted by molar-refractivity contribution is 5.98. The fourth-order valence-electron chi connectivity index (χ4n) is 3.33. The third-order valence-corrected chi connectivity index (χ3v) is 5.52. The Morgan fingerprint density at radius 3 is 2.36 bits per heavy atom. The first kappa shape index (κ1) is 22.0. The normalized spacial score (nSPS) is 13.6. The minimum absolute atomic E-state index is 0.0758. The van der Waals surface area contributed by atoms with Crippen LogP contribution in [0.5, 0.6) is 0 Å². The van der Waals surface area contributed by atoms with E-state index in [0.717, 1.165) is 17.5 Å². The lowest BCUT2D eigenvalue weighted by Crippen LogP contribution is -2.40. The third kappa shape index (κ3) is 5.14. The van der Waals surface area contributed by atoms with E-state index in [4.69, 9.17) is 5.41 Å². The van der Waals surface area contributed by atoms with Crippen molar-refractivity contribution < 1.29 is 8.78 Å². The Kier molecular flexibility index (Phi) is 7.25. The van der Waals surface area contributed by atoms with Crippen molar-refractivity contribution in [1.82, 2.24) is 4.90 Å². The van der Waals surface area contributed by atoms with Crippen LogP contribution in [0.4, 0.5) is 8.78 Å². The highest BCUT2D eigenvalue weighted by atomic mass is 19.3. The Hall–Kier alpha value is -2.33. The second-order valence-electron chi connectivity index (χ2n) is 7.74. The molecule has 0 saturated heterocycles. The number of halogens is 2. The van der Waals surface area contributed by atoms with Crippen LogP contribution in [-0.2, 0) is 12.0 Å². The summed E-state index contributed by atoms with van der Waals surface area (Å²) in [5.74, 6) is 0. The number of hydrogen-bond donors (Lipinski definition) is 1. The van der Waals surface area contributed by atoms with Gasteiger partial charge in [-0.25, -0.2) is 8.78 Å². The largest absolute Gasteiger partial charge is 0.305 e. The fourth-order valence-corrected chi connectivity index (χ4v) is 3.33. The molecule has 0 heterocycles. The van der Waals surface area contributed by atoms with Gasteiger partial charge in [0.25, 0.3) is 0 Å². The van der Waals surface area contributed by atoms with Crippen molar-refractivity contribution >= 4 is 11.8 Å². The molecule has 0 saturated carbocycles. The van der Waals surface area contributed by atoms with E-state index in [-0.39, 0.29) is 24.1 Å². The summed E-state index contributed by atoms with van der Waals surface area (Å²) in [7, 11) is 4.14. The van der Waals surface area contributed by atoms with E-state index < -0.39 is 6.43 Å². The molecular formula is C24H30F2N2. The molecule has 0 spiro atoms. The molecule has 0 aliphatic carbocycles. The monoisotopic (exact) mass is 384 g/mol. The zero-order valence-electron chi connectivity index (χ0n) is 17.2. The van der Waals surface area contributed by atoms with Gasteiger partial charge in [0.2, 0.25) is 6.43 Å². The van der Waals surface area contributed by atoms with E-state index in [1.807, 2.05) is 18.2 Å². The second kappa shape index (κ2) is 9.24. The quantitative estimate of drug-likeness (QED) is 0.522. The third-order valence-electron chi connectivity index (χ3n) is 5.52. The van der Waals surface area contributed by atoms with Crippen LogP contribution in [0.3, 0.4) is 0 Å². The molecule has 0 bridgehead atoms. The van der Waals surface area contributed by atoms with E-state index in [0.29, 0.717) is 5.56 Å². The zero-order valence-corrected chi connectivity index (χ0v) is 17.2. The zero-order chi connectivity index (χ0) is 20.9. The van der Waals surface area contributed by atoms with Crippen LogP contribution in [0.2, 0.25) is 0 Å². The van der Waals surface area contributed by atoms with Gasteiger partial charge < -0.3 is 5.41 Å². The van der Waals surface area contributed by atoms with Crippen LogP contribution in [-0.4, -0.2) is 31.1 Å². The second-order valence-corrected chi connectivity index (χ2v) is 7.74.